The van der Waals surface area contributed by atoms with Crippen LogP contribution >= 0.6 is 0 Å². The maximum atomic E-state index is 10.5. The second-order valence-corrected chi connectivity index (χ2v) is 5.45. The molecule has 1 aromatic carbocycles. The molecule has 1 aromatic rings. The molecule has 0 radical (unpaired) electrons. The first-order chi connectivity index (χ1) is 9.74. The molecule has 4 heteroatoms. The van der Waals surface area contributed by atoms with Crippen LogP contribution in [-0.4, -0.2) is 42.2 Å². The molecule has 0 amide bonds. The summed E-state index contributed by atoms with van der Waals surface area (Å²) in [5, 5.41) is 8.63. The van der Waals surface area contributed by atoms with Crippen LogP contribution in [0.4, 0.5) is 0 Å². The van der Waals surface area contributed by atoms with Crippen LogP contribution in [0.5, 0.6) is 0 Å². The molecule has 20 heavy (non-hydrogen) atoms. The Morgan fingerprint density at radius 1 is 1.35 bits per heavy atom. The lowest BCUT2D eigenvalue weighted by molar-refractivity contribution is -0.137. The number of hydrogen-bond acceptors (Lipinski definition) is 3. The van der Waals surface area contributed by atoms with Gasteiger partial charge in [-0.05, 0) is 37.4 Å². The maximum Gasteiger partial charge on any atom is 0.303 e. The first-order valence-corrected chi connectivity index (χ1v) is 7.30. The van der Waals surface area contributed by atoms with Gasteiger partial charge in [-0.15, -0.1) is 0 Å². The Morgan fingerprint density at radius 2 is 2.15 bits per heavy atom. The third-order valence-corrected chi connectivity index (χ3v) is 3.70. The number of carbonyl (C=O) groups is 1. The van der Waals surface area contributed by atoms with E-state index < -0.39 is 5.97 Å². The number of nitrogens with zero attached hydrogens (tertiary/aromatic N) is 1. The summed E-state index contributed by atoms with van der Waals surface area (Å²) in [5.74, 6) is -0.115. The van der Waals surface area contributed by atoms with Gasteiger partial charge in [-0.2, -0.15) is 0 Å². The lowest BCUT2D eigenvalue weighted by atomic mass is 10.1. The summed E-state index contributed by atoms with van der Waals surface area (Å²) in [7, 11) is 0. The summed E-state index contributed by atoms with van der Waals surface area (Å²) >= 11 is 0. The van der Waals surface area contributed by atoms with Crippen molar-refractivity contribution in [1.82, 2.24) is 4.90 Å². The fourth-order valence-electron chi connectivity index (χ4n) is 2.62. The number of benzene rings is 1. The Bertz CT molecular complexity index is 407. The zero-order valence-corrected chi connectivity index (χ0v) is 11.8. The van der Waals surface area contributed by atoms with Crippen LogP contribution in [0.15, 0.2) is 30.3 Å². The quantitative estimate of drug-likeness (QED) is 0.792. The minimum Gasteiger partial charge on any atom is -0.481 e. The van der Waals surface area contributed by atoms with Crippen molar-refractivity contribution in [2.45, 2.75) is 25.9 Å². The van der Waals surface area contributed by atoms with E-state index in [1.807, 2.05) is 18.2 Å². The van der Waals surface area contributed by atoms with Gasteiger partial charge in [-0.25, -0.2) is 0 Å². The fraction of sp³-hybridized carbons (Fsp3) is 0.562. The molecule has 1 aliphatic rings. The molecule has 1 aliphatic heterocycles. The highest BCUT2D eigenvalue weighted by Crippen LogP contribution is 2.17. The molecule has 1 atom stereocenters. The van der Waals surface area contributed by atoms with Gasteiger partial charge >= 0.3 is 5.97 Å². The number of carboxylic acids is 1. The van der Waals surface area contributed by atoms with E-state index in [0.29, 0.717) is 12.5 Å². The zero-order chi connectivity index (χ0) is 14.2. The van der Waals surface area contributed by atoms with E-state index in [0.717, 1.165) is 39.1 Å². The summed E-state index contributed by atoms with van der Waals surface area (Å²) in [4.78, 5) is 12.8. The van der Waals surface area contributed by atoms with Gasteiger partial charge in [0, 0.05) is 13.0 Å². The third kappa shape index (κ3) is 5.31. The second kappa shape index (κ2) is 8.02. The Balaban J connectivity index is 1.58. The first-order valence-electron chi connectivity index (χ1n) is 7.30. The molecule has 2 rings (SSSR count). The summed E-state index contributed by atoms with van der Waals surface area (Å²) in [6, 6.07) is 10.2. The minimum absolute atomic E-state index is 0.270. The van der Waals surface area contributed by atoms with Crippen LogP contribution in [0, 0.1) is 5.92 Å². The topological polar surface area (TPSA) is 49.8 Å². The van der Waals surface area contributed by atoms with Gasteiger partial charge in [0.1, 0.15) is 0 Å². The molecule has 110 valence electrons. The van der Waals surface area contributed by atoms with E-state index in [-0.39, 0.29) is 6.42 Å². The van der Waals surface area contributed by atoms with Crippen molar-refractivity contribution in [2.24, 2.45) is 5.92 Å². The maximum absolute atomic E-state index is 10.5. The number of likely N-dealkylation sites (tertiary alicyclic amines) is 1. The van der Waals surface area contributed by atoms with Gasteiger partial charge in [0.25, 0.3) is 0 Å². The van der Waals surface area contributed by atoms with Gasteiger partial charge in [-0.3, -0.25) is 4.79 Å². The smallest absolute Gasteiger partial charge is 0.303 e. The van der Waals surface area contributed by atoms with Crippen LogP contribution in [-0.2, 0) is 16.1 Å². The molecule has 0 bridgehead atoms. The van der Waals surface area contributed by atoms with Crippen molar-refractivity contribution in [3.63, 3.8) is 0 Å². The van der Waals surface area contributed by atoms with Gasteiger partial charge in [-0.1, -0.05) is 30.3 Å². The van der Waals surface area contributed by atoms with Crippen LogP contribution in [0.2, 0.25) is 0 Å². The Kier molecular flexibility index (Phi) is 6.02. The molecule has 0 unspecified atom stereocenters. The molecular weight excluding hydrogens is 254 g/mol. The average molecular weight is 277 g/mol. The number of carboxylic acid groups (broad SMARTS) is 1. The lowest BCUT2D eigenvalue weighted by Crippen LogP contribution is -2.23. The standard InChI is InChI=1S/C16H23NO3/c18-16(19)7-4-9-17-10-8-15(11-17)13-20-12-14-5-2-1-3-6-14/h1-3,5-6,15H,4,7-13H2,(H,18,19)/t15-/m1/s1. The van der Waals surface area contributed by atoms with E-state index in [2.05, 4.69) is 17.0 Å². The van der Waals surface area contributed by atoms with Crippen molar-refractivity contribution >= 4 is 5.97 Å². The number of rotatable bonds is 8. The van der Waals surface area contributed by atoms with E-state index in [1.54, 1.807) is 0 Å². The van der Waals surface area contributed by atoms with Gasteiger partial charge in [0.15, 0.2) is 0 Å². The SMILES string of the molecule is O=C(O)CCCN1CC[C@@H](COCc2ccccc2)C1. The van der Waals surface area contributed by atoms with Crippen LogP contribution in [0.25, 0.3) is 0 Å². The summed E-state index contributed by atoms with van der Waals surface area (Å²) in [6.07, 6.45) is 2.17. The predicted molar refractivity (Wildman–Crippen MR) is 77.5 cm³/mol. The predicted octanol–water partition coefficient (Wildman–Crippen LogP) is 2.39. The van der Waals surface area contributed by atoms with E-state index in [1.165, 1.54) is 5.56 Å². The molecule has 0 saturated carbocycles. The molecule has 4 nitrogen and oxygen atoms in total. The van der Waals surface area contributed by atoms with Crippen molar-refractivity contribution in [1.29, 1.82) is 0 Å². The third-order valence-electron chi connectivity index (χ3n) is 3.70. The van der Waals surface area contributed by atoms with Gasteiger partial charge in [0.2, 0.25) is 0 Å². The molecule has 1 fully saturated rings. The monoisotopic (exact) mass is 277 g/mol. The van der Waals surface area contributed by atoms with E-state index >= 15 is 0 Å². The van der Waals surface area contributed by atoms with Gasteiger partial charge < -0.3 is 14.7 Å². The van der Waals surface area contributed by atoms with Crippen molar-refractivity contribution in [3.05, 3.63) is 35.9 Å². The van der Waals surface area contributed by atoms with E-state index in [4.69, 9.17) is 9.84 Å². The molecule has 1 saturated heterocycles. The Labute approximate surface area is 120 Å². The van der Waals surface area contributed by atoms with Gasteiger partial charge in [0.05, 0.1) is 13.2 Å². The molecule has 1 N–H and O–H groups in total. The first kappa shape index (κ1) is 15.0. The molecule has 0 spiro atoms. The average Bonchev–Trinajstić information content (AvgIpc) is 2.87. The van der Waals surface area contributed by atoms with Crippen LogP contribution in [0.1, 0.15) is 24.8 Å². The summed E-state index contributed by atoms with van der Waals surface area (Å²) < 4.78 is 5.77. The molecule has 0 aromatic heterocycles. The van der Waals surface area contributed by atoms with Crippen molar-refractivity contribution in [2.75, 3.05) is 26.2 Å². The zero-order valence-electron chi connectivity index (χ0n) is 11.8. The van der Waals surface area contributed by atoms with Crippen LogP contribution < -0.4 is 0 Å². The summed E-state index contributed by atoms with van der Waals surface area (Å²) in [6.45, 7) is 4.47. The van der Waals surface area contributed by atoms with E-state index in [9.17, 15) is 4.79 Å². The van der Waals surface area contributed by atoms with Crippen molar-refractivity contribution in [3.8, 4) is 0 Å². The highest BCUT2D eigenvalue weighted by molar-refractivity contribution is 5.66. The highest BCUT2D eigenvalue weighted by atomic mass is 16.5. The minimum atomic E-state index is -0.702. The summed E-state index contributed by atoms with van der Waals surface area (Å²) in [5.41, 5.74) is 1.21. The number of hydrogen-bond donors (Lipinski definition) is 1. The Morgan fingerprint density at radius 3 is 2.90 bits per heavy atom. The molecule has 0 aliphatic carbocycles. The molecular formula is C16H23NO3. The lowest BCUT2D eigenvalue weighted by Gasteiger charge is -2.15. The normalized spacial score (nSPS) is 19.3. The number of aliphatic carboxylic acids is 1. The fourth-order valence-corrected chi connectivity index (χ4v) is 2.62. The Hall–Kier alpha value is -1.39. The largest absolute Gasteiger partial charge is 0.481 e. The van der Waals surface area contributed by atoms with Crippen molar-refractivity contribution < 1.29 is 14.6 Å². The highest BCUT2D eigenvalue weighted by Gasteiger charge is 2.22. The second-order valence-electron chi connectivity index (χ2n) is 5.45. The van der Waals surface area contributed by atoms with Crippen LogP contribution in [0.3, 0.4) is 0 Å². The number of ether oxygens (including phenoxy) is 1. The molecule has 1 heterocycles.